The molecule has 3 aromatic rings. The molecular formula is C15H14ClN3O2S. The highest BCUT2D eigenvalue weighted by Crippen LogP contribution is 2.29. The van der Waals surface area contributed by atoms with Gasteiger partial charge in [0.25, 0.3) is 5.91 Å². The quantitative estimate of drug-likeness (QED) is 0.743. The summed E-state index contributed by atoms with van der Waals surface area (Å²) in [7, 11) is 1.42. The molecule has 22 heavy (non-hydrogen) atoms. The van der Waals surface area contributed by atoms with E-state index < -0.39 is 0 Å². The number of amides is 1. The summed E-state index contributed by atoms with van der Waals surface area (Å²) < 4.78 is 1.90. The van der Waals surface area contributed by atoms with Crippen LogP contribution in [0, 0.1) is 6.92 Å². The number of benzene rings is 1. The first kappa shape index (κ1) is 15.0. The second-order valence-corrected chi connectivity index (χ2v) is 6.30. The van der Waals surface area contributed by atoms with Crippen molar-refractivity contribution in [3.05, 3.63) is 51.5 Å². The van der Waals surface area contributed by atoms with Crippen LogP contribution in [0.1, 0.15) is 20.9 Å². The van der Waals surface area contributed by atoms with Crippen molar-refractivity contribution in [2.75, 3.05) is 7.11 Å². The van der Waals surface area contributed by atoms with Gasteiger partial charge in [0, 0.05) is 10.4 Å². The van der Waals surface area contributed by atoms with Crippen LogP contribution in [0.15, 0.2) is 30.3 Å². The minimum atomic E-state index is -0.249. The Balaban J connectivity index is 1.95. The first-order valence-corrected chi connectivity index (χ1v) is 7.82. The highest BCUT2D eigenvalue weighted by Gasteiger charge is 2.16. The number of hydrogen-bond acceptors (Lipinski definition) is 4. The van der Waals surface area contributed by atoms with E-state index in [1.807, 2.05) is 41.9 Å². The van der Waals surface area contributed by atoms with E-state index in [2.05, 4.69) is 15.4 Å². The molecule has 0 saturated heterocycles. The van der Waals surface area contributed by atoms with Crippen LogP contribution in [-0.4, -0.2) is 22.8 Å². The molecule has 0 unspecified atom stereocenters. The van der Waals surface area contributed by atoms with Crippen LogP contribution in [0.2, 0.25) is 5.02 Å². The lowest BCUT2D eigenvalue weighted by Gasteiger charge is -2.03. The monoisotopic (exact) mass is 335 g/mol. The van der Waals surface area contributed by atoms with Gasteiger partial charge in [-0.2, -0.15) is 5.10 Å². The molecule has 0 aliphatic carbocycles. The molecule has 0 spiro atoms. The average Bonchev–Trinajstić information content (AvgIpc) is 3.04. The smallest absolute Gasteiger partial charge is 0.277 e. The van der Waals surface area contributed by atoms with Crippen LogP contribution in [0.5, 0.6) is 0 Å². The van der Waals surface area contributed by atoms with E-state index >= 15 is 0 Å². The van der Waals surface area contributed by atoms with Crippen molar-refractivity contribution in [1.82, 2.24) is 15.3 Å². The molecule has 2 heterocycles. The van der Waals surface area contributed by atoms with E-state index in [0.29, 0.717) is 16.4 Å². The van der Waals surface area contributed by atoms with Gasteiger partial charge in [0.2, 0.25) is 0 Å². The minimum Gasteiger partial charge on any atom is -0.277 e. The van der Waals surface area contributed by atoms with E-state index in [0.717, 1.165) is 21.5 Å². The van der Waals surface area contributed by atoms with Gasteiger partial charge in [-0.1, -0.05) is 23.7 Å². The Bertz CT molecular complexity index is 823. The van der Waals surface area contributed by atoms with Gasteiger partial charge in [0.05, 0.1) is 24.2 Å². The van der Waals surface area contributed by atoms with Crippen LogP contribution in [-0.2, 0) is 11.4 Å². The van der Waals surface area contributed by atoms with Gasteiger partial charge in [0.15, 0.2) is 0 Å². The molecule has 0 aliphatic rings. The maximum Gasteiger partial charge on any atom is 0.284 e. The molecule has 7 heteroatoms. The summed E-state index contributed by atoms with van der Waals surface area (Å²) in [6.45, 7) is 2.57. The highest BCUT2D eigenvalue weighted by atomic mass is 35.5. The number of halogens is 1. The fourth-order valence-corrected chi connectivity index (χ4v) is 3.41. The number of thiophene rings is 1. The summed E-state index contributed by atoms with van der Waals surface area (Å²) in [5.41, 5.74) is 4.34. The third-order valence-corrected chi connectivity index (χ3v) is 4.67. The Labute approximate surface area is 136 Å². The molecule has 0 saturated carbocycles. The molecule has 1 N–H and O–H groups in total. The number of hydroxylamine groups is 1. The van der Waals surface area contributed by atoms with E-state index in [1.165, 1.54) is 18.4 Å². The van der Waals surface area contributed by atoms with Gasteiger partial charge in [-0.25, -0.2) is 5.48 Å². The Morgan fingerprint density at radius 3 is 2.82 bits per heavy atom. The van der Waals surface area contributed by atoms with Gasteiger partial charge in [-0.05, 0) is 30.7 Å². The van der Waals surface area contributed by atoms with Crippen molar-refractivity contribution in [2.24, 2.45) is 0 Å². The number of hydrogen-bond donors (Lipinski definition) is 1. The van der Waals surface area contributed by atoms with Crippen molar-refractivity contribution in [1.29, 1.82) is 0 Å². The number of aromatic nitrogens is 2. The van der Waals surface area contributed by atoms with Crippen molar-refractivity contribution in [3.8, 4) is 0 Å². The molecule has 2 aromatic heterocycles. The van der Waals surface area contributed by atoms with Crippen molar-refractivity contribution in [3.63, 3.8) is 0 Å². The number of nitrogens with one attached hydrogen (secondary N) is 1. The summed E-state index contributed by atoms with van der Waals surface area (Å²) in [5, 5.41) is 6.24. The van der Waals surface area contributed by atoms with Gasteiger partial charge in [0.1, 0.15) is 4.83 Å². The summed E-state index contributed by atoms with van der Waals surface area (Å²) >= 11 is 7.30. The predicted octanol–water partition coefficient (Wildman–Crippen LogP) is 3.40. The SMILES string of the molecule is CONC(=O)c1cc2c(C)nn(Cc3ccc(Cl)cc3)c2s1. The van der Waals surface area contributed by atoms with Crippen molar-refractivity contribution < 1.29 is 9.63 Å². The third kappa shape index (κ3) is 2.85. The lowest BCUT2D eigenvalue weighted by Crippen LogP contribution is -2.20. The normalized spacial score (nSPS) is 11.0. The fourth-order valence-electron chi connectivity index (χ4n) is 2.24. The Kier molecular flexibility index (Phi) is 4.15. The molecule has 0 radical (unpaired) electrons. The van der Waals surface area contributed by atoms with Crippen LogP contribution in [0.4, 0.5) is 0 Å². The first-order chi connectivity index (χ1) is 10.6. The second kappa shape index (κ2) is 6.08. The van der Waals surface area contributed by atoms with Crippen molar-refractivity contribution in [2.45, 2.75) is 13.5 Å². The zero-order valence-corrected chi connectivity index (χ0v) is 13.7. The first-order valence-electron chi connectivity index (χ1n) is 6.63. The predicted molar refractivity (Wildman–Crippen MR) is 87.4 cm³/mol. The maximum atomic E-state index is 11.9. The molecular weight excluding hydrogens is 322 g/mol. The maximum absolute atomic E-state index is 11.9. The van der Waals surface area contributed by atoms with Crippen molar-refractivity contribution >= 4 is 39.1 Å². The molecule has 3 rings (SSSR count). The van der Waals surface area contributed by atoms with E-state index in [1.54, 1.807) is 0 Å². The summed E-state index contributed by atoms with van der Waals surface area (Å²) in [5.74, 6) is -0.249. The van der Waals surface area contributed by atoms with Gasteiger partial charge in [-0.15, -0.1) is 11.3 Å². The zero-order valence-electron chi connectivity index (χ0n) is 12.1. The molecule has 5 nitrogen and oxygen atoms in total. The second-order valence-electron chi connectivity index (χ2n) is 4.83. The molecule has 0 atom stereocenters. The molecule has 0 fully saturated rings. The van der Waals surface area contributed by atoms with E-state index in [-0.39, 0.29) is 5.91 Å². The summed E-state index contributed by atoms with van der Waals surface area (Å²) in [4.78, 5) is 18.1. The number of rotatable bonds is 4. The zero-order chi connectivity index (χ0) is 15.7. The summed E-state index contributed by atoms with van der Waals surface area (Å²) in [6, 6.07) is 9.50. The highest BCUT2D eigenvalue weighted by molar-refractivity contribution is 7.20. The van der Waals surface area contributed by atoms with Gasteiger partial charge < -0.3 is 0 Å². The number of nitrogens with zero attached hydrogens (tertiary/aromatic N) is 2. The molecule has 1 amide bonds. The third-order valence-electron chi connectivity index (χ3n) is 3.27. The summed E-state index contributed by atoms with van der Waals surface area (Å²) in [6.07, 6.45) is 0. The Morgan fingerprint density at radius 1 is 1.41 bits per heavy atom. The lowest BCUT2D eigenvalue weighted by atomic mass is 10.2. The van der Waals surface area contributed by atoms with Gasteiger partial charge in [-0.3, -0.25) is 14.3 Å². The molecule has 0 bridgehead atoms. The Hall–Kier alpha value is -1.89. The van der Waals surface area contributed by atoms with E-state index in [9.17, 15) is 4.79 Å². The van der Waals surface area contributed by atoms with Crippen LogP contribution < -0.4 is 5.48 Å². The Morgan fingerprint density at radius 2 is 2.14 bits per heavy atom. The molecule has 0 aliphatic heterocycles. The molecule has 1 aromatic carbocycles. The fraction of sp³-hybridized carbons (Fsp3) is 0.200. The van der Waals surface area contributed by atoms with Gasteiger partial charge >= 0.3 is 0 Å². The standard InChI is InChI=1S/C15H14ClN3O2S/c1-9-12-7-13(14(20)18-21-2)22-15(12)19(17-9)8-10-3-5-11(16)6-4-10/h3-7H,8H2,1-2H3,(H,18,20). The number of carbonyl (C=O) groups is 1. The number of fused-ring (bicyclic) bond motifs is 1. The number of carbonyl (C=O) groups excluding carboxylic acids is 1. The van der Waals surface area contributed by atoms with Crippen LogP contribution in [0.3, 0.4) is 0 Å². The lowest BCUT2D eigenvalue weighted by molar-refractivity contribution is 0.0542. The minimum absolute atomic E-state index is 0.249. The topological polar surface area (TPSA) is 56.1 Å². The largest absolute Gasteiger partial charge is 0.284 e. The molecule has 114 valence electrons. The number of aryl methyl sites for hydroxylation is 1. The average molecular weight is 336 g/mol. The van der Waals surface area contributed by atoms with Crippen LogP contribution in [0.25, 0.3) is 10.2 Å². The van der Waals surface area contributed by atoms with E-state index in [4.69, 9.17) is 11.6 Å². The van der Waals surface area contributed by atoms with Crippen LogP contribution >= 0.6 is 22.9 Å².